The number of carbonyl (C=O) groups excluding carboxylic acids is 1. The zero-order chi connectivity index (χ0) is 21.2. The number of hydrazone groups is 1. The Labute approximate surface area is 180 Å². The second-order valence-corrected chi connectivity index (χ2v) is 7.36. The molecule has 2 aromatic carbocycles. The zero-order valence-electron chi connectivity index (χ0n) is 17.1. The van der Waals surface area contributed by atoms with Crippen molar-refractivity contribution in [3.63, 3.8) is 0 Å². The predicted molar refractivity (Wildman–Crippen MR) is 120 cm³/mol. The van der Waals surface area contributed by atoms with E-state index in [4.69, 9.17) is 4.74 Å². The van der Waals surface area contributed by atoms with Crippen molar-refractivity contribution in [3.8, 4) is 17.1 Å². The first-order valence-corrected chi connectivity index (χ1v) is 10.9. The van der Waals surface area contributed by atoms with Crippen LogP contribution < -0.4 is 10.2 Å². The summed E-state index contributed by atoms with van der Waals surface area (Å²) in [5.41, 5.74) is 4.43. The van der Waals surface area contributed by atoms with Gasteiger partial charge in [-0.15, -0.1) is 10.2 Å². The molecule has 0 aliphatic heterocycles. The molecule has 156 valence electrons. The molecule has 0 aliphatic rings. The summed E-state index contributed by atoms with van der Waals surface area (Å²) < 4.78 is 7.54. The molecule has 8 heteroatoms. The van der Waals surface area contributed by atoms with Gasteiger partial charge in [-0.2, -0.15) is 5.10 Å². The topological polar surface area (TPSA) is 81.4 Å². The SMILES string of the molecule is CCCOc1ccc(/C=N\NC(=O)CSc2nnc(-c3ccccc3)n2CC)cc1. The van der Waals surface area contributed by atoms with E-state index in [0.29, 0.717) is 11.8 Å². The molecule has 0 saturated carbocycles. The summed E-state index contributed by atoms with van der Waals surface area (Å²) in [4.78, 5) is 12.1. The second-order valence-electron chi connectivity index (χ2n) is 6.42. The quantitative estimate of drug-likeness (QED) is 0.303. The number of nitrogens with zero attached hydrogens (tertiary/aromatic N) is 4. The van der Waals surface area contributed by atoms with Crippen LogP contribution in [-0.2, 0) is 11.3 Å². The lowest BCUT2D eigenvalue weighted by Gasteiger charge is -2.07. The van der Waals surface area contributed by atoms with Gasteiger partial charge in [-0.3, -0.25) is 4.79 Å². The number of nitrogens with one attached hydrogen (secondary N) is 1. The highest BCUT2D eigenvalue weighted by atomic mass is 32.2. The molecule has 0 radical (unpaired) electrons. The first-order chi connectivity index (χ1) is 14.7. The van der Waals surface area contributed by atoms with E-state index in [1.54, 1.807) is 6.21 Å². The maximum Gasteiger partial charge on any atom is 0.250 e. The van der Waals surface area contributed by atoms with Gasteiger partial charge in [0, 0.05) is 12.1 Å². The van der Waals surface area contributed by atoms with Crippen molar-refractivity contribution in [3.05, 3.63) is 60.2 Å². The molecule has 0 aliphatic carbocycles. The molecular formula is C22H25N5O2S. The number of amides is 1. The van der Waals surface area contributed by atoms with Gasteiger partial charge in [0.15, 0.2) is 11.0 Å². The number of aromatic nitrogens is 3. The zero-order valence-corrected chi connectivity index (χ0v) is 17.9. The number of hydrogen-bond acceptors (Lipinski definition) is 6. The third-order valence-corrected chi connectivity index (χ3v) is 5.12. The summed E-state index contributed by atoms with van der Waals surface area (Å²) in [5.74, 6) is 1.62. The average molecular weight is 424 g/mol. The Morgan fingerprint density at radius 2 is 1.90 bits per heavy atom. The Morgan fingerprint density at radius 1 is 1.13 bits per heavy atom. The van der Waals surface area contributed by atoms with Crippen LogP contribution in [0.15, 0.2) is 64.9 Å². The van der Waals surface area contributed by atoms with Crippen molar-refractivity contribution in [2.75, 3.05) is 12.4 Å². The van der Waals surface area contributed by atoms with Gasteiger partial charge in [-0.25, -0.2) is 5.43 Å². The fourth-order valence-corrected chi connectivity index (χ4v) is 3.49. The normalized spacial score (nSPS) is 11.0. The second kappa shape index (κ2) is 11.2. The van der Waals surface area contributed by atoms with Crippen molar-refractivity contribution in [2.45, 2.75) is 32.0 Å². The molecule has 0 unspecified atom stereocenters. The minimum Gasteiger partial charge on any atom is -0.494 e. The minimum absolute atomic E-state index is 0.202. The predicted octanol–water partition coefficient (Wildman–Crippen LogP) is 4.00. The average Bonchev–Trinajstić information content (AvgIpc) is 3.20. The number of benzene rings is 2. The van der Waals surface area contributed by atoms with Crippen LogP contribution in [0.5, 0.6) is 5.75 Å². The molecule has 1 aromatic heterocycles. The van der Waals surface area contributed by atoms with Crippen LogP contribution in [0.4, 0.5) is 0 Å². The molecular weight excluding hydrogens is 398 g/mol. The van der Waals surface area contributed by atoms with Gasteiger partial charge in [0.2, 0.25) is 0 Å². The summed E-state index contributed by atoms with van der Waals surface area (Å²) >= 11 is 1.34. The van der Waals surface area contributed by atoms with Gasteiger partial charge in [0.05, 0.1) is 18.6 Å². The fourth-order valence-electron chi connectivity index (χ4n) is 2.69. The van der Waals surface area contributed by atoms with E-state index in [2.05, 4.69) is 27.6 Å². The molecule has 3 rings (SSSR count). The Bertz CT molecular complexity index is 971. The Balaban J connectivity index is 1.51. The van der Waals surface area contributed by atoms with Crippen molar-refractivity contribution in [1.29, 1.82) is 0 Å². The molecule has 0 fully saturated rings. The van der Waals surface area contributed by atoms with E-state index in [1.165, 1.54) is 11.8 Å². The Hall–Kier alpha value is -3.13. The monoisotopic (exact) mass is 423 g/mol. The van der Waals surface area contributed by atoms with Gasteiger partial charge in [0.25, 0.3) is 5.91 Å². The highest BCUT2D eigenvalue weighted by Gasteiger charge is 2.14. The molecule has 7 nitrogen and oxygen atoms in total. The van der Waals surface area contributed by atoms with E-state index >= 15 is 0 Å². The van der Waals surface area contributed by atoms with Crippen LogP contribution in [0.25, 0.3) is 11.4 Å². The maximum absolute atomic E-state index is 12.1. The van der Waals surface area contributed by atoms with Gasteiger partial charge in [-0.1, -0.05) is 49.0 Å². The van der Waals surface area contributed by atoms with E-state index in [0.717, 1.165) is 35.7 Å². The van der Waals surface area contributed by atoms with Crippen LogP contribution in [-0.4, -0.2) is 39.2 Å². The number of thioether (sulfide) groups is 1. The third-order valence-electron chi connectivity index (χ3n) is 4.15. The number of rotatable bonds is 10. The number of hydrogen-bond donors (Lipinski definition) is 1. The smallest absolute Gasteiger partial charge is 0.250 e. The lowest BCUT2D eigenvalue weighted by atomic mass is 10.2. The molecule has 0 atom stereocenters. The van der Waals surface area contributed by atoms with Crippen molar-refractivity contribution in [2.24, 2.45) is 5.10 Å². The summed E-state index contributed by atoms with van der Waals surface area (Å²) in [5, 5.41) is 13.2. The van der Waals surface area contributed by atoms with E-state index in [9.17, 15) is 4.79 Å². The first-order valence-electron chi connectivity index (χ1n) is 9.87. The van der Waals surface area contributed by atoms with Crippen LogP contribution in [0.2, 0.25) is 0 Å². The van der Waals surface area contributed by atoms with Crippen molar-refractivity contribution < 1.29 is 9.53 Å². The first kappa shape index (κ1) is 21.6. The molecule has 0 spiro atoms. The summed E-state index contributed by atoms with van der Waals surface area (Å²) in [6.07, 6.45) is 2.57. The molecule has 0 saturated heterocycles. The molecule has 0 bridgehead atoms. The van der Waals surface area contributed by atoms with Gasteiger partial charge in [-0.05, 0) is 43.2 Å². The highest BCUT2D eigenvalue weighted by molar-refractivity contribution is 7.99. The van der Waals surface area contributed by atoms with E-state index < -0.39 is 0 Å². The van der Waals surface area contributed by atoms with Crippen molar-refractivity contribution >= 4 is 23.9 Å². The summed E-state index contributed by atoms with van der Waals surface area (Å²) in [6.45, 7) is 5.51. The van der Waals surface area contributed by atoms with Crippen LogP contribution in [0.3, 0.4) is 0 Å². The third kappa shape index (κ3) is 5.93. The summed E-state index contributed by atoms with van der Waals surface area (Å²) in [6, 6.07) is 17.4. The Kier molecular flexibility index (Phi) is 8.02. The highest BCUT2D eigenvalue weighted by Crippen LogP contribution is 2.23. The molecule has 1 N–H and O–H groups in total. The molecule has 1 heterocycles. The van der Waals surface area contributed by atoms with Crippen LogP contribution >= 0.6 is 11.8 Å². The van der Waals surface area contributed by atoms with Crippen LogP contribution in [0.1, 0.15) is 25.8 Å². The van der Waals surface area contributed by atoms with Gasteiger partial charge >= 0.3 is 0 Å². The van der Waals surface area contributed by atoms with E-state index in [1.807, 2.05) is 66.1 Å². The molecule has 1 amide bonds. The number of ether oxygens (including phenoxy) is 1. The molecule has 3 aromatic rings. The van der Waals surface area contributed by atoms with Crippen LogP contribution in [0, 0.1) is 0 Å². The van der Waals surface area contributed by atoms with Gasteiger partial charge < -0.3 is 9.30 Å². The lowest BCUT2D eigenvalue weighted by molar-refractivity contribution is -0.118. The minimum atomic E-state index is -0.203. The largest absolute Gasteiger partial charge is 0.494 e. The maximum atomic E-state index is 12.1. The van der Waals surface area contributed by atoms with Gasteiger partial charge in [0.1, 0.15) is 5.75 Å². The van der Waals surface area contributed by atoms with E-state index in [-0.39, 0.29) is 11.7 Å². The fraction of sp³-hybridized carbons (Fsp3) is 0.273. The summed E-state index contributed by atoms with van der Waals surface area (Å²) in [7, 11) is 0. The standard InChI is InChI=1S/C22H25N5O2S/c1-3-14-29-19-12-10-17(11-13-19)15-23-24-20(28)16-30-22-26-25-21(27(22)4-2)18-8-6-5-7-9-18/h5-13,15H,3-4,14,16H2,1-2H3,(H,24,28)/b23-15-. The number of carbonyl (C=O) groups is 1. The van der Waals surface area contributed by atoms with Crippen molar-refractivity contribution in [1.82, 2.24) is 20.2 Å². The lowest BCUT2D eigenvalue weighted by Crippen LogP contribution is -2.20. The Morgan fingerprint density at radius 3 is 2.60 bits per heavy atom. The molecule has 30 heavy (non-hydrogen) atoms.